The Labute approximate surface area is 165 Å². The number of rotatable bonds is 5. The van der Waals surface area contributed by atoms with Gasteiger partial charge in [0.1, 0.15) is 11.3 Å². The van der Waals surface area contributed by atoms with Crippen LogP contribution in [0.5, 0.6) is 0 Å². The van der Waals surface area contributed by atoms with Crippen molar-refractivity contribution < 1.29 is 19.1 Å². The van der Waals surface area contributed by atoms with Crippen LogP contribution in [-0.4, -0.2) is 40.8 Å². The first-order valence-corrected chi connectivity index (χ1v) is 9.30. The molecule has 0 saturated carbocycles. The van der Waals surface area contributed by atoms with Crippen LogP contribution in [0.1, 0.15) is 17.3 Å². The van der Waals surface area contributed by atoms with Crippen molar-refractivity contribution in [2.75, 3.05) is 7.05 Å². The second-order valence-corrected chi connectivity index (χ2v) is 6.71. The van der Waals surface area contributed by atoms with Gasteiger partial charge < -0.3 is 10.1 Å². The molecule has 0 radical (unpaired) electrons. The predicted octanol–water partition coefficient (Wildman–Crippen LogP) is 2.60. The largest absolute Gasteiger partial charge is 0.449 e. The summed E-state index contributed by atoms with van der Waals surface area (Å²) in [6.45, 7) is 1.39. The molecule has 0 saturated heterocycles. The van der Waals surface area contributed by atoms with Crippen LogP contribution in [0, 0.1) is 0 Å². The summed E-state index contributed by atoms with van der Waals surface area (Å²) >= 11 is 1.44. The van der Waals surface area contributed by atoms with Crippen molar-refractivity contribution in [3.05, 3.63) is 59.6 Å². The molecule has 3 rings (SSSR count). The predicted molar refractivity (Wildman–Crippen MR) is 104 cm³/mol. The van der Waals surface area contributed by atoms with Crippen molar-refractivity contribution in [3.8, 4) is 16.3 Å². The summed E-state index contributed by atoms with van der Waals surface area (Å²) in [6, 6.07) is 12.4. The fraction of sp³-hybridized carbons (Fsp3) is 0.158. The summed E-state index contributed by atoms with van der Waals surface area (Å²) < 4.78 is 6.84. The van der Waals surface area contributed by atoms with Crippen LogP contribution in [0.25, 0.3) is 16.3 Å². The zero-order chi connectivity index (χ0) is 20.1. The number of nitrogens with zero attached hydrogens (tertiary/aromatic N) is 2. The molecular weight excluding hydrogens is 380 g/mol. The summed E-state index contributed by atoms with van der Waals surface area (Å²) in [6.07, 6.45) is 0.414. The van der Waals surface area contributed by atoms with E-state index in [2.05, 4.69) is 15.7 Å². The number of nitrogens with one attached hydrogen (secondary N) is 2. The lowest BCUT2D eigenvalue weighted by Gasteiger charge is -2.12. The lowest BCUT2D eigenvalue weighted by Crippen LogP contribution is -2.43. The highest BCUT2D eigenvalue weighted by molar-refractivity contribution is 7.13. The maximum atomic E-state index is 12.7. The smallest absolute Gasteiger partial charge is 0.342 e. The van der Waals surface area contributed by atoms with Crippen LogP contribution in [-0.2, 0) is 9.53 Å². The summed E-state index contributed by atoms with van der Waals surface area (Å²) in [4.78, 5) is 36.7. The van der Waals surface area contributed by atoms with Gasteiger partial charge >= 0.3 is 12.0 Å². The van der Waals surface area contributed by atoms with Crippen molar-refractivity contribution in [3.63, 3.8) is 0 Å². The Balaban J connectivity index is 1.87. The molecule has 0 spiro atoms. The molecule has 144 valence electrons. The van der Waals surface area contributed by atoms with Gasteiger partial charge in [-0.2, -0.15) is 5.10 Å². The van der Waals surface area contributed by atoms with E-state index in [0.717, 1.165) is 10.6 Å². The fourth-order valence-electron chi connectivity index (χ4n) is 2.39. The Kier molecular flexibility index (Phi) is 5.85. The monoisotopic (exact) mass is 398 g/mol. The molecule has 2 aromatic heterocycles. The number of thiophene rings is 1. The molecule has 2 heterocycles. The molecule has 1 aromatic carbocycles. The highest BCUT2D eigenvalue weighted by atomic mass is 32.1. The number of imide groups is 1. The maximum Gasteiger partial charge on any atom is 0.342 e. The van der Waals surface area contributed by atoms with Crippen LogP contribution in [0.4, 0.5) is 4.79 Å². The third kappa shape index (κ3) is 4.26. The first kappa shape index (κ1) is 19.3. The topological polar surface area (TPSA) is 102 Å². The van der Waals surface area contributed by atoms with Gasteiger partial charge in [0, 0.05) is 13.2 Å². The molecule has 9 heteroatoms. The third-order valence-electron chi connectivity index (χ3n) is 3.83. The molecule has 2 N–H and O–H groups in total. The minimum Gasteiger partial charge on any atom is -0.449 e. The number of ether oxygens (including phenoxy) is 1. The van der Waals surface area contributed by atoms with E-state index in [-0.39, 0.29) is 5.56 Å². The zero-order valence-electron chi connectivity index (χ0n) is 15.2. The standard InChI is InChI=1S/C19H18N4O4S/c1-12(17(24)21-19(26)20-2)27-18(25)14-11-23(13-7-4-3-5-8-13)22-16(14)15-9-6-10-28-15/h3-12H,1-2H3,(H2,20,21,24,26). The van der Waals surface area contributed by atoms with Gasteiger partial charge in [0.2, 0.25) is 0 Å². The van der Waals surface area contributed by atoms with Crippen molar-refractivity contribution in [2.45, 2.75) is 13.0 Å². The number of hydrogen-bond acceptors (Lipinski definition) is 6. The van der Waals surface area contributed by atoms with Gasteiger partial charge in [0.05, 0.1) is 10.6 Å². The molecule has 3 amide bonds. The number of aromatic nitrogens is 2. The van der Waals surface area contributed by atoms with Crippen molar-refractivity contribution in [2.24, 2.45) is 0 Å². The first-order chi connectivity index (χ1) is 13.5. The second-order valence-electron chi connectivity index (χ2n) is 5.76. The molecule has 0 aliphatic carbocycles. The molecule has 0 aliphatic rings. The quantitative estimate of drug-likeness (QED) is 0.643. The van der Waals surface area contributed by atoms with Gasteiger partial charge in [0.15, 0.2) is 6.10 Å². The Morgan fingerprint density at radius 3 is 2.54 bits per heavy atom. The van der Waals surface area contributed by atoms with Gasteiger partial charge in [-0.25, -0.2) is 14.3 Å². The molecule has 0 bridgehead atoms. The molecule has 1 atom stereocenters. The Morgan fingerprint density at radius 2 is 1.89 bits per heavy atom. The van der Waals surface area contributed by atoms with Gasteiger partial charge in [-0.15, -0.1) is 11.3 Å². The summed E-state index contributed by atoms with van der Waals surface area (Å²) in [7, 11) is 1.38. The SMILES string of the molecule is CNC(=O)NC(=O)C(C)OC(=O)c1cn(-c2ccccc2)nc1-c1cccs1. The number of urea groups is 1. The minimum absolute atomic E-state index is 0.228. The number of amides is 3. The van der Waals surface area contributed by atoms with Crippen molar-refractivity contribution in [1.29, 1.82) is 0 Å². The number of para-hydroxylation sites is 1. The van der Waals surface area contributed by atoms with Gasteiger partial charge in [0.25, 0.3) is 5.91 Å². The van der Waals surface area contributed by atoms with Crippen LogP contribution in [0.2, 0.25) is 0 Å². The van der Waals surface area contributed by atoms with E-state index < -0.39 is 24.0 Å². The van der Waals surface area contributed by atoms with E-state index in [1.807, 2.05) is 47.8 Å². The average molecular weight is 398 g/mol. The number of benzene rings is 1. The lowest BCUT2D eigenvalue weighted by atomic mass is 10.2. The fourth-order valence-corrected chi connectivity index (χ4v) is 3.11. The average Bonchev–Trinajstić information content (AvgIpc) is 3.38. The molecular formula is C19H18N4O4S. The zero-order valence-corrected chi connectivity index (χ0v) is 16.0. The molecule has 28 heavy (non-hydrogen) atoms. The first-order valence-electron chi connectivity index (χ1n) is 8.42. The van der Waals surface area contributed by atoms with E-state index in [1.54, 1.807) is 10.9 Å². The Hall–Kier alpha value is -3.46. The maximum absolute atomic E-state index is 12.7. The summed E-state index contributed by atoms with van der Waals surface area (Å²) in [5.74, 6) is -1.43. The molecule has 0 aliphatic heterocycles. The molecule has 0 fully saturated rings. The van der Waals surface area contributed by atoms with Crippen molar-refractivity contribution in [1.82, 2.24) is 20.4 Å². The number of hydrogen-bond donors (Lipinski definition) is 2. The lowest BCUT2D eigenvalue weighted by molar-refractivity contribution is -0.127. The minimum atomic E-state index is -1.15. The van der Waals surface area contributed by atoms with Crippen LogP contribution in [0.15, 0.2) is 54.0 Å². The van der Waals surface area contributed by atoms with Crippen molar-refractivity contribution >= 4 is 29.2 Å². The van der Waals surface area contributed by atoms with E-state index in [9.17, 15) is 14.4 Å². The highest BCUT2D eigenvalue weighted by Crippen LogP contribution is 2.28. The second kappa shape index (κ2) is 8.49. The highest BCUT2D eigenvalue weighted by Gasteiger charge is 2.25. The summed E-state index contributed by atoms with van der Waals surface area (Å²) in [5, 5.41) is 10.7. The Morgan fingerprint density at radius 1 is 1.14 bits per heavy atom. The van der Waals surface area contributed by atoms with Gasteiger partial charge in [-0.05, 0) is 30.5 Å². The number of esters is 1. The van der Waals surface area contributed by atoms with E-state index in [0.29, 0.717) is 5.69 Å². The van der Waals surface area contributed by atoms with Crippen LogP contribution >= 0.6 is 11.3 Å². The number of carbonyl (C=O) groups is 3. The number of carbonyl (C=O) groups excluding carboxylic acids is 3. The summed E-state index contributed by atoms with van der Waals surface area (Å²) in [5.41, 5.74) is 1.47. The van der Waals surface area contributed by atoms with Gasteiger partial charge in [-0.1, -0.05) is 24.3 Å². The Bertz CT molecular complexity index is 983. The van der Waals surface area contributed by atoms with Gasteiger partial charge in [-0.3, -0.25) is 10.1 Å². The van der Waals surface area contributed by atoms with E-state index in [1.165, 1.54) is 25.3 Å². The van der Waals surface area contributed by atoms with Crippen LogP contribution in [0.3, 0.4) is 0 Å². The molecule has 3 aromatic rings. The van der Waals surface area contributed by atoms with E-state index >= 15 is 0 Å². The molecule has 8 nitrogen and oxygen atoms in total. The normalized spacial score (nSPS) is 11.5. The van der Waals surface area contributed by atoms with Crippen LogP contribution < -0.4 is 10.6 Å². The van der Waals surface area contributed by atoms with E-state index in [4.69, 9.17) is 4.74 Å². The molecule has 1 unspecified atom stereocenters. The third-order valence-corrected chi connectivity index (χ3v) is 4.70.